The molecule has 6 heteroatoms. The summed E-state index contributed by atoms with van der Waals surface area (Å²) in [5.74, 6) is 0.149. The van der Waals surface area contributed by atoms with E-state index in [1.54, 1.807) is 6.07 Å². The fourth-order valence-corrected chi connectivity index (χ4v) is 2.07. The molecule has 0 radical (unpaired) electrons. The Kier molecular flexibility index (Phi) is 2.90. The molecule has 100 valence electrons. The third-order valence-electron chi connectivity index (χ3n) is 2.94. The van der Waals surface area contributed by atoms with Crippen LogP contribution >= 0.6 is 0 Å². The van der Waals surface area contributed by atoms with Crippen LogP contribution < -0.4 is 5.73 Å². The van der Waals surface area contributed by atoms with E-state index >= 15 is 0 Å². The predicted octanol–water partition coefficient (Wildman–Crippen LogP) is 2.36. The number of nitrogens with zero attached hydrogens (tertiary/aromatic N) is 4. The first kappa shape index (κ1) is 12.3. The zero-order chi connectivity index (χ0) is 14.1. The van der Waals surface area contributed by atoms with Gasteiger partial charge in [-0.1, -0.05) is 12.1 Å². The number of para-hydroxylation sites is 1. The van der Waals surface area contributed by atoms with E-state index < -0.39 is 0 Å². The molecule has 0 spiro atoms. The number of nitrogens with two attached hydrogens (primary N) is 1. The van der Waals surface area contributed by atoms with Crippen LogP contribution in [0.25, 0.3) is 17.1 Å². The molecule has 1 heterocycles. The van der Waals surface area contributed by atoms with Crippen LogP contribution in [0.1, 0.15) is 5.56 Å². The number of nitrogen functional groups attached to an aromatic ring is 1. The zero-order valence-electron chi connectivity index (χ0n) is 10.8. The molecule has 0 fully saturated rings. The van der Waals surface area contributed by atoms with Crippen molar-refractivity contribution in [3.8, 4) is 17.1 Å². The summed E-state index contributed by atoms with van der Waals surface area (Å²) < 4.78 is 15.0. The summed E-state index contributed by atoms with van der Waals surface area (Å²) in [6.07, 6.45) is 0. The van der Waals surface area contributed by atoms with E-state index in [1.165, 1.54) is 16.8 Å². The third-order valence-corrected chi connectivity index (χ3v) is 2.94. The molecule has 0 amide bonds. The van der Waals surface area contributed by atoms with Gasteiger partial charge in [0.2, 0.25) is 0 Å². The van der Waals surface area contributed by atoms with Gasteiger partial charge < -0.3 is 5.73 Å². The second-order valence-corrected chi connectivity index (χ2v) is 4.49. The van der Waals surface area contributed by atoms with Crippen LogP contribution in [0.5, 0.6) is 0 Å². The van der Waals surface area contributed by atoms with Crippen LogP contribution in [0.4, 0.5) is 10.1 Å². The monoisotopic (exact) mass is 269 g/mol. The van der Waals surface area contributed by atoms with Gasteiger partial charge in [-0.3, -0.25) is 0 Å². The van der Waals surface area contributed by atoms with Crippen LogP contribution in [0, 0.1) is 12.7 Å². The molecule has 2 aromatic carbocycles. The van der Waals surface area contributed by atoms with Gasteiger partial charge in [0.15, 0.2) is 5.82 Å². The molecule has 0 aliphatic heterocycles. The van der Waals surface area contributed by atoms with Gasteiger partial charge >= 0.3 is 0 Å². The van der Waals surface area contributed by atoms with Crippen LogP contribution in [0.2, 0.25) is 0 Å². The Morgan fingerprint density at radius 1 is 1.15 bits per heavy atom. The molecule has 0 aliphatic carbocycles. The second kappa shape index (κ2) is 4.73. The molecule has 0 atom stereocenters. The first-order valence-corrected chi connectivity index (χ1v) is 6.06. The number of benzene rings is 2. The molecular weight excluding hydrogens is 257 g/mol. The molecule has 0 saturated heterocycles. The molecule has 2 N–H and O–H groups in total. The molecule has 0 bridgehead atoms. The van der Waals surface area contributed by atoms with Gasteiger partial charge in [-0.15, -0.1) is 5.10 Å². The fraction of sp³-hybridized carbons (Fsp3) is 0.0714. The van der Waals surface area contributed by atoms with E-state index in [0.717, 1.165) is 5.56 Å². The standard InChI is InChI=1S/C14H12FN5/c1-9-6-10(15)8-11(7-9)20-14(17-18-19-20)12-4-2-3-5-13(12)16/h2-8H,16H2,1H3. The van der Waals surface area contributed by atoms with Gasteiger partial charge in [0.25, 0.3) is 0 Å². The minimum Gasteiger partial charge on any atom is -0.398 e. The van der Waals surface area contributed by atoms with Crippen LogP contribution in [0.15, 0.2) is 42.5 Å². The summed E-state index contributed by atoms with van der Waals surface area (Å²) in [5.41, 5.74) is 8.56. The Hall–Kier alpha value is -2.76. The number of aryl methyl sites for hydroxylation is 1. The number of hydrogen-bond acceptors (Lipinski definition) is 4. The van der Waals surface area contributed by atoms with Crippen molar-refractivity contribution < 1.29 is 4.39 Å². The number of rotatable bonds is 2. The number of hydrogen-bond donors (Lipinski definition) is 1. The van der Waals surface area contributed by atoms with Crippen molar-refractivity contribution in [2.45, 2.75) is 6.92 Å². The minimum absolute atomic E-state index is 0.331. The van der Waals surface area contributed by atoms with Gasteiger partial charge in [0.1, 0.15) is 5.82 Å². The highest BCUT2D eigenvalue weighted by atomic mass is 19.1. The van der Waals surface area contributed by atoms with E-state index in [0.29, 0.717) is 22.8 Å². The predicted molar refractivity (Wildman–Crippen MR) is 73.7 cm³/mol. The maximum Gasteiger partial charge on any atom is 0.189 e. The average Bonchev–Trinajstić information content (AvgIpc) is 2.87. The highest BCUT2D eigenvalue weighted by molar-refractivity contribution is 5.72. The lowest BCUT2D eigenvalue weighted by molar-refractivity contribution is 0.623. The molecule has 0 unspecified atom stereocenters. The number of halogens is 1. The van der Waals surface area contributed by atoms with Crippen molar-refractivity contribution in [1.82, 2.24) is 20.2 Å². The lowest BCUT2D eigenvalue weighted by Gasteiger charge is -2.07. The van der Waals surface area contributed by atoms with E-state index in [4.69, 9.17) is 5.73 Å². The van der Waals surface area contributed by atoms with E-state index in [2.05, 4.69) is 15.5 Å². The van der Waals surface area contributed by atoms with Crippen molar-refractivity contribution in [1.29, 1.82) is 0 Å². The summed E-state index contributed by atoms with van der Waals surface area (Å²) in [5, 5.41) is 11.6. The third kappa shape index (κ3) is 2.11. The molecule has 20 heavy (non-hydrogen) atoms. The average molecular weight is 269 g/mol. The topological polar surface area (TPSA) is 69.6 Å². The van der Waals surface area contributed by atoms with Gasteiger partial charge in [0, 0.05) is 11.3 Å². The number of aromatic nitrogens is 4. The lowest BCUT2D eigenvalue weighted by Crippen LogP contribution is -2.02. The first-order chi connectivity index (χ1) is 9.65. The molecule has 1 aromatic heterocycles. The molecule has 3 rings (SSSR count). The van der Waals surface area contributed by atoms with Crippen LogP contribution in [-0.2, 0) is 0 Å². The number of anilines is 1. The Morgan fingerprint density at radius 2 is 1.95 bits per heavy atom. The number of tetrazole rings is 1. The van der Waals surface area contributed by atoms with E-state index in [9.17, 15) is 4.39 Å². The Balaban J connectivity index is 2.18. The lowest BCUT2D eigenvalue weighted by atomic mass is 10.1. The van der Waals surface area contributed by atoms with Crippen molar-refractivity contribution in [3.63, 3.8) is 0 Å². The van der Waals surface area contributed by atoms with Gasteiger partial charge in [-0.05, 0) is 53.2 Å². The van der Waals surface area contributed by atoms with Crippen molar-refractivity contribution >= 4 is 5.69 Å². The van der Waals surface area contributed by atoms with E-state index in [1.807, 2.05) is 31.2 Å². The maximum atomic E-state index is 13.5. The quantitative estimate of drug-likeness (QED) is 0.725. The van der Waals surface area contributed by atoms with Crippen molar-refractivity contribution in [3.05, 3.63) is 53.8 Å². The minimum atomic E-state index is -0.331. The normalized spacial score (nSPS) is 10.7. The maximum absolute atomic E-state index is 13.5. The van der Waals surface area contributed by atoms with Gasteiger partial charge in [-0.25, -0.2) is 4.39 Å². The summed E-state index contributed by atoms with van der Waals surface area (Å²) in [7, 11) is 0. The van der Waals surface area contributed by atoms with Crippen molar-refractivity contribution in [2.75, 3.05) is 5.73 Å². The Labute approximate surface area is 114 Å². The second-order valence-electron chi connectivity index (χ2n) is 4.49. The summed E-state index contributed by atoms with van der Waals surface area (Å²) in [6, 6.07) is 11.9. The fourth-order valence-electron chi connectivity index (χ4n) is 2.07. The Bertz CT molecular complexity index is 746. The molecule has 0 aliphatic rings. The Morgan fingerprint density at radius 3 is 2.70 bits per heavy atom. The first-order valence-electron chi connectivity index (χ1n) is 6.06. The van der Waals surface area contributed by atoms with Crippen LogP contribution in [0.3, 0.4) is 0 Å². The van der Waals surface area contributed by atoms with Gasteiger partial charge in [0.05, 0.1) is 5.69 Å². The molecular formula is C14H12FN5. The largest absolute Gasteiger partial charge is 0.398 e. The molecule has 3 aromatic rings. The SMILES string of the molecule is Cc1cc(F)cc(-n2nnnc2-c2ccccc2N)c1. The summed E-state index contributed by atoms with van der Waals surface area (Å²) in [4.78, 5) is 0. The van der Waals surface area contributed by atoms with Crippen molar-refractivity contribution in [2.24, 2.45) is 0 Å². The summed E-state index contributed by atoms with van der Waals surface area (Å²) >= 11 is 0. The van der Waals surface area contributed by atoms with E-state index in [-0.39, 0.29) is 5.82 Å². The van der Waals surface area contributed by atoms with Gasteiger partial charge in [-0.2, -0.15) is 4.68 Å². The molecule has 5 nitrogen and oxygen atoms in total. The zero-order valence-corrected chi connectivity index (χ0v) is 10.8. The highest BCUT2D eigenvalue weighted by Gasteiger charge is 2.13. The highest BCUT2D eigenvalue weighted by Crippen LogP contribution is 2.25. The van der Waals surface area contributed by atoms with Crippen LogP contribution in [-0.4, -0.2) is 20.2 Å². The summed E-state index contributed by atoms with van der Waals surface area (Å²) in [6.45, 7) is 1.81. The molecule has 0 saturated carbocycles. The smallest absolute Gasteiger partial charge is 0.189 e.